The van der Waals surface area contributed by atoms with Gasteiger partial charge in [0.2, 0.25) is 0 Å². The number of hydrogen-bond acceptors (Lipinski definition) is 2. The van der Waals surface area contributed by atoms with Crippen LogP contribution in [0.2, 0.25) is 0 Å². The highest BCUT2D eigenvalue weighted by Gasteiger charge is 2.52. The SMILES string of the molecule is CC(C)C1OC[P+](C)(C(C)C)C(C(C)C)O1. The van der Waals surface area contributed by atoms with Gasteiger partial charge in [-0.05, 0) is 13.8 Å². The Morgan fingerprint density at radius 2 is 1.56 bits per heavy atom. The summed E-state index contributed by atoms with van der Waals surface area (Å²) in [7, 11) is -1.12. The van der Waals surface area contributed by atoms with Crippen LogP contribution in [-0.4, -0.2) is 30.8 Å². The lowest BCUT2D eigenvalue weighted by molar-refractivity contribution is -0.186. The Bertz CT molecular complexity index is 228. The van der Waals surface area contributed by atoms with Gasteiger partial charge in [-0.1, -0.05) is 27.7 Å². The molecule has 0 spiro atoms. The molecule has 1 aliphatic rings. The first kappa shape index (κ1) is 14.4. The van der Waals surface area contributed by atoms with E-state index < -0.39 is 7.26 Å². The summed E-state index contributed by atoms with van der Waals surface area (Å²) >= 11 is 0. The monoisotopic (exact) mass is 247 g/mol. The van der Waals surface area contributed by atoms with E-state index in [-0.39, 0.29) is 6.29 Å². The Balaban J connectivity index is 2.83. The molecule has 0 bridgehead atoms. The summed E-state index contributed by atoms with van der Waals surface area (Å²) < 4.78 is 12.1. The van der Waals surface area contributed by atoms with E-state index in [1.807, 2.05) is 0 Å². The molecule has 3 atom stereocenters. The molecule has 3 heteroatoms. The summed E-state index contributed by atoms with van der Waals surface area (Å²) in [6.07, 6.45) is 0.926. The molecule has 3 unspecified atom stereocenters. The summed E-state index contributed by atoms with van der Waals surface area (Å²) in [5, 5.41) is 0. The van der Waals surface area contributed by atoms with Crippen molar-refractivity contribution in [1.82, 2.24) is 0 Å². The molecule has 1 aliphatic heterocycles. The lowest BCUT2D eigenvalue weighted by Gasteiger charge is -2.43. The molecule has 1 saturated heterocycles. The molecule has 2 nitrogen and oxygen atoms in total. The highest BCUT2D eigenvalue weighted by Crippen LogP contribution is 2.67. The van der Waals surface area contributed by atoms with Gasteiger partial charge in [-0.2, -0.15) is 0 Å². The first-order chi connectivity index (χ1) is 7.29. The second-order valence-corrected chi connectivity index (χ2v) is 10.6. The maximum atomic E-state index is 6.21. The smallest absolute Gasteiger partial charge is 0.174 e. The maximum absolute atomic E-state index is 6.21. The highest BCUT2D eigenvalue weighted by molar-refractivity contribution is 7.76. The third-order valence-corrected chi connectivity index (χ3v) is 8.61. The summed E-state index contributed by atoms with van der Waals surface area (Å²) in [6, 6.07) is 0. The first-order valence-corrected chi connectivity index (χ1v) is 8.97. The zero-order chi connectivity index (χ0) is 12.5. The van der Waals surface area contributed by atoms with Crippen LogP contribution in [0.25, 0.3) is 0 Å². The fourth-order valence-corrected chi connectivity index (χ4v) is 5.52. The van der Waals surface area contributed by atoms with E-state index in [1.54, 1.807) is 0 Å². The second kappa shape index (κ2) is 5.33. The molecule has 1 fully saturated rings. The standard InChI is InChI=1S/C13H28O2P/c1-9(2)12-14-8-16(7,11(5)6)13(15-12)10(3)4/h9-13H,8H2,1-7H3/q+1. The number of ether oxygens (including phenoxy) is 2. The van der Waals surface area contributed by atoms with E-state index in [0.717, 1.165) is 6.35 Å². The molecule has 0 aliphatic carbocycles. The maximum Gasteiger partial charge on any atom is 0.174 e. The molecule has 0 amide bonds. The average Bonchev–Trinajstić information content (AvgIpc) is 2.17. The molecule has 96 valence electrons. The zero-order valence-electron chi connectivity index (χ0n) is 11.9. The van der Waals surface area contributed by atoms with Gasteiger partial charge in [0.05, 0.1) is 19.6 Å². The van der Waals surface area contributed by atoms with Crippen molar-refractivity contribution in [3.63, 3.8) is 0 Å². The van der Waals surface area contributed by atoms with Crippen LogP contribution in [0, 0.1) is 11.8 Å². The van der Waals surface area contributed by atoms with E-state index >= 15 is 0 Å². The van der Waals surface area contributed by atoms with Crippen LogP contribution >= 0.6 is 7.26 Å². The molecule has 0 aromatic heterocycles. The van der Waals surface area contributed by atoms with Crippen molar-refractivity contribution in [3.05, 3.63) is 0 Å². The number of rotatable bonds is 3. The highest BCUT2D eigenvalue weighted by atomic mass is 31.2. The molecular formula is C13H28O2P+. The van der Waals surface area contributed by atoms with Crippen molar-refractivity contribution < 1.29 is 9.47 Å². The van der Waals surface area contributed by atoms with Gasteiger partial charge >= 0.3 is 0 Å². The van der Waals surface area contributed by atoms with E-state index in [4.69, 9.17) is 9.47 Å². The van der Waals surface area contributed by atoms with Crippen molar-refractivity contribution in [2.45, 2.75) is 59.3 Å². The van der Waals surface area contributed by atoms with E-state index in [0.29, 0.717) is 23.3 Å². The van der Waals surface area contributed by atoms with Crippen LogP contribution in [-0.2, 0) is 9.47 Å². The van der Waals surface area contributed by atoms with Crippen LogP contribution < -0.4 is 0 Å². The predicted molar refractivity (Wildman–Crippen MR) is 72.3 cm³/mol. The van der Waals surface area contributed by atoms with Crippen molar-refractivity contribution in [2.24, 2.45) is 11.8 Å². The van der Waals surface area contributed by atoms with Gasteiger partial charge in [0.1, 0.15) is 0 Å². The van der Waals surface area contributed by atoms with Crippen molar-refractivity contribution in [3.8, 4) is 0 Å². The van der Waals surface area contributed by atoms with E-state index in [2.05, 4.69) is 48.2 Å². The Hall–Kier alpha value is 0.350. The lowest BCUT2D eigenvalue weighted by Crippen LogP contribution is -2.42. The van der Waals surface area contributed by atoms with Gasteiger partial charge in [-0.25, -0.2) is 0 Å². The van der Waals surface area contributed by atoms with Crippen molar-refractivity contribution >= 4 is 7.26 Å². The van der Waals surface area contributed by atoms with Gasteiger partial charge in [0.25, 0.3) is 0 Å². The molecule has 0 N–H and O–H groups in total. The molecule has 16 heavy (non-hydrogen) atoms. The van der Waals surface area contributed by atoms with Crippen molar-refractivity contribution in [1.29, 1.82) is 0 Å². The quantitative estimate of drug-likeness (QED) is 0.701. The van der Waals surface area contributed by atoms with Crippen LogP contribution in [0.5, 0.6) is 0 Å². The molecule has 0 radical (unpaired) electrons. The third-order valence-electron chi connectivity index (χ3n) is 3.67. The second-order valence-electron chi connectivity index (χ2n) is 6.12. The molecule has 0 aromatic rings. The molecule has 1 heterocycles. The summed E-state index contributed by atoms with van der Waals surface area (Å²) in [5.41, 5.74) is 0.688. The Morgan fingerprint density at radius 1 is 1.00 bits per heavy atom. The third kappa shape index (κ3) is 2.78. The van der Waals surface area contributed by atoms with Crippen molar-refractivity contribution in [2.75, 3.05) is 13.0 Å². The fraction of sp³-hybridized carbons (Fsp3) is 1.00. The normalized spacial score (nSPS) is 36.4. The molecule has 0 aromatic carbocycles. The Kier molecular flexibility index (Phi) is 4.80. The van der Waals surface area contributed by atoms with Gasteiger partial charge < -0.3 is 9.47 Å². The predicted octanol–water partition coefficient (Wildman–Crippen LogP) is 4.01. The van der Waals surface area contributed by atoms with E-state index in [9.17, 15) is 0 Å². The van der Waals surface area contributed by atoms with Gasteiger partial charge in [-0.3, -0.25) is 0 Å². The molecular weight excluding hydrogens is 219 g/mol. The molecule has 0 saturated carbocycles. The average molecular weight is 247 g/mol. The molecule has 1 rings (SSSR count). The minimum atomic E-state index is -1.12. The lowest BCUT2D eigenvalue weighted by atomic mass is 10.2. The minimum absolute atomic E-state index is 0.000718. The first-order valence-electron chi connectivity index (χ1n) is 6.41. The van der Waals surface area contributed by atoms with Crippen LogP contribution in [0.1, 0.15) is 41.5 Å². The van der Waals surface area contributed by atoms with E-state index in [1.165, 1.54) is 0 Å². The van der Waals surface area contributed by atoms with Gasteiger partial charge in [0, 0.05) is 11.8 Å². The Labute approximate surface area is 101 Å². The van der Waals surface area contributed by atoms with Crippen LogP contribution in [0.15, 0.2) is 0 Å². The van der Waals surface area contributed by atoms with Gasteiger partial charge in [0.15, 0.2) is 18.5 Å². The minimum Gasteiger partial charge on any atom is -0.317 e. The van der Waals surface area contributed by atoms with Crippen LogP contribution in [0.3, 0.4) is 0 Å². The summed E-state index contributed by atoms with van der Waals surface area (Å²) in [6.45, 7) is 15.9. The topological polar surface area (TPSA) is 18.5 Å². The summed E-state index contributed by atoms with van der Waals surface area (Å²) in [4.78, 5) is 0. The van der Waals surface area contributed by atoms with Crippen LogP contribution in [0.4, 0.5) is 0 Å². The van der Waals surface area contributed by atoms with Gasteiger partial charge in [-0.15, -0.1) is 0 Å². The number of hydrogen-bond donors (Lipinski definition) is 0. The largest absolute Gasteiger partial charge is 0.317 e. The Morgan fingerprint density at radius 3 is 1.94 bits per heavy atom. The zero-order valence-corrected chi connectivity index (χ0v) is 12.8. The fourth-order valence-electron chi connectivity index (χ4n) is 2.25. The summed E-state index contributed by atoms with van der Waals surface area (Å²) in [5.74, 6) is 1.45.